The third kappa shape index (κ3) is 4.56. The van der Waals surface area contributed by atoms with Crippen LogP contribution in [0.5, 0.6) is 5.75 Å². The Bertz CT molecular complexity index is 622. The Labute approximate surface area is 136 Å². The first-order valence-electron chi connectivity index (χ1n) is 7.71. The molecule has 6 nitrogen and oxygen atoms in total. The van der Waals surface area contributed by atoms with E-state index >= 15 is 0 Å². The number of carbonyl (C=O) groups excluding carboxylic acids is 1. The maximum absolute atomic E-state index is 12.2. The largest absolute Gasteiger partial charge is 0.497 e. The predicted octanol–water partition coefficient (Wildman–Crippen LogP) is 1.63. The van der Waals surface area contributed by atoms with Crippen molar-refractivity contribution in [1.82, 2.24) is 20.2 Å². The van der Waals surface area contributed by atoms with Gasteiger partial charge in [-0.15, -0.1) is 0 Å². The molecular weight excluding hydrogens is 292 g/mol. The van der Waals surface area contributed by atoms with E-state index in [4.69, 9.17) is 4.74 Å². The Hall–Kier alpha value is -2.34. The summed E-state index contributed by atoms with van der Waals surface area (Å²) in [5.41, 5.74) is 0.974. The molecule has 1 heterocycles. The van der Waals surface area contributed by atoms with Crippen LogP contribution in [0, 0.1) is 0 Å². The number of carbonyl (C=O) groups is 1. The summed E-state index contributed by atoms with van der Waals surface area (Å²) in [5.74, 6) is 1.61. The second kappa shape index (κ2) is 8.33. The fraction of sp³-hybridized carbons (Fsp3) is 0.412. The molecule has 0 bridgehead atoms. The molecule has 0 aliphatic carbocycles. The number of hydrogen-bond donors (Lipinski definition) is 2. The minimum atomic E-state index is -0.275. The first-order chi connectivity index (χ1) is 11.2. The lowest BCUT2D eigenvalue weighted by atomic mass is 10.1. The number of nitrogens with one attached hydrogen (secondary N) is 2. The zero-order valence-corrected chi connectivity index (χ0v) is 13.9. The number of aryl methyl sites for hydroxylation is 1. The molecule has 2 rings (SSSR count). The van der Waals surface area contributed by atoms with E-state index in [0.717, 1.165) is 30.1 Å². The Morgan fingerprint density at radius 3 is 2.65 bits per heavy atom. The second-order valence-electron chi connectivity index (χ2n) is 5.38. The Morgan fingerprint density at radius 1 is 1.35 bits per heavy atom. The van der Waals surface area contributed by atoms with Crippen molar-refractivity contribution >= 4 is 5.91 Å². The van der Waals surface area contributed by atoms with Gasteiger partial charge in [0, 0.05) is 25.9 Å². The lowest BCUT2D eigenvalue weighted by Crippen LogP contribution is -2.31. The van der Waals surface area contributed by atoms with Crippen molar-refractivity contribution in [2.75, 3.05) is 20.7 Å². The highest BCUT2D eigenvalue weighted by molar-refractivity contribution is 5.76. The molecule has 0 spiro atoms. The third-order valence-corrected chi connectivity index (χ3v) is 3.70. The summed E-state index contributed by atoms with van der Waals surface area (Å²) in [7, 11) is 5.44. The van der Waals surface area contributed by atoms with Crippen LogP contribution in [-0.4, -0.2) is 36.2 Å². The summed E-state index contributed by atoms with van der Waals surface area (Å²) in [5, 5.41) is 6.13. The van der Waals surface area contributed by atoms with Crippen LogP contribution in [0.3, 0.4) is 0 Å². The van der Waals surface area contributed by atoms with Crippen LogP contribution >= 0.6 is 0 Å². The molecule has 1 aromatic carbocycles. The van der Waals surface area contributed by atoms with E-state index in [1.54, 1.807) is 13.3 Å². The van der Waals surface area contributed by atoms with Crippen LogP contribution in [0.2, 0.25) is 0 Å². The Morgan fingerprint density at radius 2 is 2.09 bits per heavy atom. The van der Waals surface area contributed by atoms with E-state index in [1.165, 1.54) is 0 Å². The highest BCUT2D eigenvalue weighted by atomic mass is 16.5. The Balaban J connectivity index is 2.18. The first-order valence-corrected chi connectivity index (χ1v) is 7.71. The average molecular weight is 316 g/mol. The fourth-order valence-electron chi connectivity index (χ4n) is 2.41. The van der Waals surface area contributed by atoms with Gasteiger partial charge in [-0.2, -0.15) is 0 Å². The van der Waals surface area contributed by atoms with E-state index in [2.05, 4.69) is 15.6 Å². The van der Waals surface area contributed by atoms with E-state index in [9.17, 15) is 4.79 Å². The number of rotatable bonds is 8. The molecule has 1 amide bonds. The van der Waals surface area contributed by atoms with Gasteiger partial charge in [-0.25, -0.2) is 4.98 Å². The van der Waals surface area contributed by atoms with Crippen LogP contribution in [-0.2, 0) is 11.8 Å². The number of hydrogen-bond acceptors (Lipinski definition) is 4. The fourth-order valence-corrected chi connectivity index (χ4v) is 2.41. The molecule has 0 saturated heterocycles. The molecule has 2 N–H and O–H groups in total. The lowest BCUT2D eigenvalue weighted by Gasteiger charge is -2.19. The molecule has 1 aromatic heterocycles. The minimum absolute atomic E-state index is 0.0177. The summed E-state index contributed by atoms with van der Waals surface area (Å²) >= 11 is 0. The molecule has 23 heavy (non-hydrogen) atoms. The van der Waals surface area contributed by atoms with Crippen molar-refractivity contribution in [2.45, 2.75) is 18.9 Å². The van der Waals surface area contributed by atoms with Crippen molar-refractivity contribution in [2.24, 2.45) is 7.05 Å². The van der Waals surface area contributed by atoms with Crippen LogP contribution in [0.1, 0.15) is 30.3 Å². The number of nitrogens with zero attached hydrogens (tertiary/aromatic N) is 2. The minimum Gasteiger partial charge on any atom is -0.497 e. The zero-order chi connectivity index (χ0) is 16.7. The molecule has 2 aromatic rings. The summed E-state index contributed by atoms with van der Waals surface area (Å²) in [6.45, 7) is 0.822. The smallest absolute Gasteiger partial charge is 0.220 e. The standard InChI is InChI=1S/C17H24N4O2/c1-18-10-4-5-15(22)20-16(17-19-11-12-21(17)2)13-6-8-14(23-3)9-7-13/h6-9,11-12,16,18H,4-5,10H2,1-3H3,(H,20,22). The van der Waals surface area contributed by atoms with Gasteiger partial charge in [0.1, 0.15) is 17.6 Å². The van der Waals surface area contributed by atoms with Crippen LogP contribution in [0.25, 0.3) is 0 Å². The molecule has 0 fully saturated rings. The maximum atomic E-state index is 12.2. The predicted molar refractivity (Wildman–Crippen MR) is 89.3 cm³/mol. The van der Waals surface area contributed by atoms with E-state index in [-0.39, 0.29) is 11.9 Å². The van der Waals surface area contributed by atoms with Gasteiger partial charge in [0.25, 0.3) is 0 Å². The maximum Gasteiger partial charge on any atom is 0.220 e. The number of methoxy groups -OCH3 is 1. The van der Waals surface area contributed by atoms with Crippen LogP contribution in [0.15, 0.2) is 36.7 Å². The highest BCUT2D eigenvalue weighted by Crippen LogP contribution is 2.23. The number of ether oxygens (including phenoxy) is 1. The first kappa shape index (κ1) is 17.0. The van der Waals surface area contributed by atoms with Gasteiger partial charge in [-0.1, -0.05) is 12.1 Å². The lowest BCUT2D eigenvalue weighted by molar-refractivity contribution is -0.121. The van der Waals surface area contributed by atoms with Crippen molar-refractivity contribution < 1.29 is 9.53 Å². The topological polar surface area (TPSA) is 68.2 Å². The molecule has 1 unspecified atom stereocenters. The molecule has 0 aliphatic rings. The summed E-state index contributed by atoms with van der Waals surface area (Å²) < 4.78 is 7.11. The quantitative estimate of drug-likeness (QED) is 0.727. The molecule has 0 saturated carbocycles. The van der Waals surface area contributed by atoms with E-state index in [1.807, 2.05) is 49.1 Å². The normalized spacial score (nSPS) is 12.0. The molecule has 6 heteroatoms. The molecule has 124 valence electrons. The highest BCUT2D eigenvalue weighted by Gasteiger charge is 2.20. The van der Waals surface area contributed by atoms with Crippen molar-refractivity contribution in [1.29, 1.82) is 0 Å². The number of benzene rings is 1. The van der Waals surface area contributed by atoms with Gasteiger partial charge in [0.15, 0.2) is 0 Å². The number of imidazole rings is 1. The summed E-state index contributed by atoms with van der Waals surface area (Å²) in [4.78, 5) is 16.6. The summed E-state index contributed by atoms with van der Waals surface area (Å²) in [6, 6.07) is 7.40. The van der Waals surface area contributed by atoms with Crippen molar-refractivity contribution in [3.05, 3.63) is 48.0 Å². The van der Waals surface area contributed by atoms with Crippen LogP contribution < -0.4 is 15.4 Å². The van der Waals surface area contributed by atoms with Crippen molar-refractivity contribution in [3.8, 4) is 5.75 Å². The van der Waals surface area contributed by atoms with Gasteiger partial charge in [0.05, 0.1) is 7.11 Å². The second-order valence-corrected chi connectivity index (χ2v) is 5.38. The molecule has 1 atom stereocenters. The van der Waals surface area contributed by atoms with Gasteiger partial charge in [-0.05, 0) is 37.7 Å². The number of aromatic nitrogens is 2. The van der Waals surface area contributed by atoms with Gasteiger partial charge >= 0.3 is 0 Å². The molecule has 0 aliphatic heterocycles. The van der Waals surface area contributed by atoms with Gasteiger partial charge in [-0.3, -0.25) is 4.79 Å². The van der Waals surface area contributed by atoms with Gasteiger partial charge in [0.2, 0.25) is 5.91 Å². The van der Waals surface area contributed by atoms with E-state index < -0.39 is 0 Å². The third-order valence-electron chi connectivity index (χ3n) is 3.70. The monoisotopic (exact) mass is 316 g/mol. The Kier molecular flexibility index (Phi) is 6.17. The molecular formula is C17H24N4O2. The van der Waals surface area contributed by atoms with Gasteiger partial charge < -0.3 is 19.9 Å². The van der Waals surface area contributed by atoms with E-state index in [0.29, 0.717) is 6.42 Å². The zero-order valence-electron chi connectivity index (χ0n) is 13.9. The SMILES string of the molecule is CNCCCC(=O)NC(c1ccc(OC)cc1)c1nccn1C. The van der Waals surface area contributed by atoms with Crippen molar-refractivity contribution in [3.63, 3.8) is 0 Å². The molecule has 0 radical (unpaired) electrons. The van der Waals surface area contributed by atoms with Crippen LogP contribution in [0.4, 0.5) is 0 Å². The average Bonchev–Trinajstić information content (AvgIpc) is 2.99. The number of amides is 1. The summed E-state index contributed by atoms with van der Waals surface area (Å²) in [6.07, 6.45) is 4.90.